The normalized spacial score (nSPS) is 12.7. The third-order valence-electron chi connectivity index (χ3n) is 4.61. The third-order valence-corrected chi connectivity index (χ3v) is 8.02. The summed E-state index contributed by atoms with van der Waals surface area (Å²) in [5.74, 6) is -1.84. The summed E-state index contributed by atoms with van der Waals surface area (Å²) in [4.78, 5) is 22.9. The second-order valence-corrected chi connectivity index (χ2v) is 12.9. The van der Waals surface area contributed by atoms with Crippen molar-refractivity contribution in [3.05, 3.63) is 0 Å². The highest BCUT2D eigenvalue weighted by atomic mass is 28.3. The standard InChI is InChI=1S/C19H38O4Si/c1-6-7-8-9-10-12-15-24(4,5)16-13-11-14-23-19(21)17(2)18(20)22-3/h17H,6-16H2,1-5H3. The van der Waals surface area contributed by atoms with Gasteiger partial charge in [0.1, 0.15) is 0 Å². The monoisotopic (exact) mass is 358 g/mol. The summed E-state index contributed by atoms with van der Waals surface area (Å²) in [6.45, 7) is 9.10. The maximum atomic E-state index is 11.6. The van der Waals surface area contributed by atoms with Crippen LogP contribution in [0, 0.1) is 5.92 Å². The molecule has 0 amide bonds. The lowest BCUT2D eigenvalue weighted by molar-refractivity contribution is -0.159. The van der Waals surface area contributed by atoms with Crippen molar-refractivity contribution < 1.29 is 19.1 Å². The molecule has 0 aliphatic heterocycles. The first-order valence-electron chi connectivity index (χ1n) is 9.58. The second-order valence-electron chi connectivity index (χ2n) is 7.55. The second kappa shape index (κ2) is 13.4. The predicted octanol–water partition coefficient (Wildman–Crippen LogP) is 5.19. The summed E-state index contributed by atoms with van der Waals surface area (Å²) < 4.78 is 9.69. The summed E-state index contributed by atoms with van der Waals surface area (Å²) in [6.07, 6.45) is 10.2. The Hall–Kier alpha value is -0.843. The zero-order valence-electron chi connectivity index (χ0n) is 16.5. The fraction of sp³-hybridized carbons (Fsp3) is 0.895. The highest BCUT2D eigenvalue weighted by Gasteiger charge is 2.23. The molecule has 142 valence electrons. The summed E-state index contributed by atoms with van der Waals surface area (Å²) in [7, 11) is 0.171. The van der Waals surface area contributed by atoms with Crippen molar-refractivity contribution in [3.63, 3.8) is 0 Å². The molecular weight excluding hydrogens is 320 g/mol. The van der Waals surface area contributed by atoms with E-state index in [1.165, 1.54) is 64.6 Å². The Morgan fingerprint density at radius 2 is 1.42 bits per heavy atom. The van der Waals surface area contributed by atoms with Crippen LogP contribution < -0.4 is 0 Å². The van der Waals surface area contributed by atoms with E-state index in [1.807, 2.05) is 0 Å². The Labute approximate surface area is 149 Å². The molecule has 0 aromatic rings. The molecule has 1 atom stereocenters. The van der Waals surface area contributed by atoms with Crippen molar-refractivity contribution in [1.29, 1.82) is 0 Å². The van der Waals surface area contributed by atoms with Crippen LogP contribution in [0.4, 0.5) is 0 Å². The average molecular weight is 359 g/mol. The van der Waals surface area contributed by atoms with Gasteiger partial charge in [-0.05, 0) is 13.3 Å². The molecule has 0 aliphatic rings. The molecule has 0 aliphatic carbocycles. The number of unbranched alkanes of at least 4 members (excludes halogenated alkanes) is 6. The highest BCUT2D eigenvalue weighted by molar-refractivity contribution is 6.77. The van der Waals surface area contributed by atoms with Crippen molar-refractivity contribution in [3.8, 4) is 0 Å². The first-order valence-corrected chi connectivity index (χ1v) is 13.0. The van der Waals surface area contributed by atoms with Gasteiger partial charge in [0.05, 0.1) is 13.7 Å². The first kappa shape index (κ1) is 23.2. The number of carbonyl (C=O) groups is 2. The number of rotatable bonds is 14. The van der Waals surface area contributed by atoms with Gasteiger partial charge in [-0.25, -0.2) is 0 Å². The maximum Gasteiger partial charge on any atom is 0.320 e. The minimum Gasteiger partial charge on any atom is -0.468 e. The van der Waals surface area contributed by atoms with Crippen LogP contribution in [0.3, 0.4) is 0 Å². The maximum absolute atomic E-state index is 11.6. The smallest absolute Gasteiger partial charge is 0.320 e. The molecule has 0 fully saturated rings. The summed E-state index contributed by atoms with van der Waals surface area (Å²) >= 11 is 0. The van der Waals surface area contributed by atoms with Crippen molar-refractivity contribution >= 4 is 20.0 Å². The molecule has 0 radical (unpaired) electrons. The van der Waals surface area contributed by atoms with E-state index in [0.717, 1.165) is 12.8 Å². The summed E-state index contributed by atoms with van der Waals surface area (Å²) in [5.41, 5.74) is 0. The molecule has 0 spiro atoms. The third kappa shape index (κ3) is 11.7. The van der Waals surface area contributed by atoms with Gasteiger partial charge in [0.15, 0.2) is 5.92 Å². The van der Waals surface area contributed by atoms with E-state index in [2.05, 4.69) is 24.8 Å². The molecule has 0 aromatic heterocycles. The van der Waals surface area contributed by atoms with Gasteiger partial charge < -0.3 is 9.47 Å². The van der Waals surface area contributed by atoms with E-state index in [-0.39, 0.29) is 0 Å². The van der Waals surface area contributed by atoms with Gasteiger partial charge >= 0.3 is 11.9 Å². The Kier molecular flexibility index (Phi) is 13.0. The molecule has 4 nitrogen and oxygen atoms in total. The van der Waals surface area contributed by atoms with E-state index in [0.29, 0.717) is 6.61 Å². The predicted molar refractivity (Wildman–Crippen MR) is 102 cm³/mol. The van der Waals surface area contributed by atoms with Crippen LogP contribution in [0.15, 0.2) is 0 Å². The van der Waals surface area contributed by atoms with Crippen LogP contribution in [0.1, 0.15) is 65.2 Å². The lowest BCUT2D eigenvalue weighted by Crippen LogP contribution is -2.26. The van der Waals surface area contributed by atoms with Crippen LogP contribution in [-0.2, 0) is 19.1 Å². The molecule has 5 heteroatoms. The lowest BCUT2D eigenvalue weighted by atomic mass is 10.1. The Morgan fingerprint density at radius 1 is 0.875 bits per heavy atom. The first-order chi connectivity index (χ1) is 11.3. The molecule has 0 N–H and O–H groups in total. The number of methoxy groups -OCH3 is 1. The molecular formula is C19H38O4Si. The topological polar surface area (TPSA) is 52.6 Å². The van der Waals surface area contributed by atoms with Crippen molar-refractivity contribution in [2.24, 2.45) is 5.92 Å². The summed E-state index contributed by atoms with van der Waals surface area (Å²) in [6, 6.07) is 2.68. The molecule has 1 unspecified atom stereocenters. The molecule has 0 saturated heterocycles. The van der Waals surface area contributed by atoms with Crippen LogP contribution in [-0.4, -0.2) is 33.7 Å². The van der Waals surface area contributed by atoms with Gasteiger partial charge in [-0.3, -0.25) is 9.59 Å². The zero-order valence-corrected chi connectivity index (χ0v) is 17.5. The molecule has 0 heterocycles. The highest BCUT2D eigenvalue weighted by Crippen LogP contribution is 2.22. The van der Waals surface area contributed by atoms with Gasteiger partial charge in [0.25, 0.3) is 0 Å². The minimum atomic E-state index is -1.11. The van der Waals surface area contributed by atoms with E-state index < -0.39 is 25.9 Å². The number of hydrogen-bond acceptors (Lipinski definition) is 4. The van der Waals surface area contributed by atoms with E-state index >= 15 is 0 Å². The minimum absolute atomic E-state index is 0.404. The SMILES string of the molecule is CCCCCCCC[Si](C)(C)CCCCOC(=O)C(C)C(=O)OC. The fourth-order valence-electron chi connectivity index (χ4n) is 2.79. The van der Waals surface area contributed by atoms with Gasteiger partial charge in [0, 0.05) is 8.07 Å². The molecule has 0 aromatic carbocycles. The van der Waals surface area contributed by atoms with Crippen molar-refractivity contribution in [2.45, 2.75) is 90.4 Å². The Morgan fingerprint density at radius 3 is 2.00 bits per heavy atom. The Balaban J connectivity index is 3.70. The fourth-order valence-corrected chi connectivity index (χ4v) is 5.45. The largest absolute Gasteiger partial charge is 0.468 e. The van der Waals surface area contributed by atoms with Gasteiger partial charge in [0.2, 0.25) is 0 Å². The van der Waals surface area contributed by atoms with Crippen molar-refractivity contribution in [2.75, 3.05) is 13.7 Å². The van der Waals surface area contributed by atoms with Gasteiger partial charge in [-0.1, -0.05) is 77.1 Å². The van der Waals surface area contributed by atoms with Crippen LogP contribution in [0.2, 0.25) is 25.2 Å². The number of ether oxygens (including phenoxy) is 2. The number of hydrogen-bond donors (Lipinski definition) is 0. The van der Waals surface area contributed by atoms with Gasteiger partial charge in [-0.2, -0.15) is 0 Å². The van der Waals surface area contributed by atoms with E-state index in [9.17, 15) is 9.59 Å². The number of carbonyl (C=O) groups excluding carboxylic acids is 2. The van der Waals surface area contributed by atoms with E-state index in [1.54, 1.807) is 0 Å². The molecule has 0 saturated carbocycles. The lowest BCUT2D eigenvalue weighted by Gasteiger charge is -2.22. The molecule has 24 heavy (non-hydrogen) atoms. The van der Waals surface area contributed by atoms with E-state index in [4.69, 9.17) is 4.74 Å². The molecule has 0 bridgehead atoms. The van der Waals surface area contributed by atoms with Crippen LogP contribution in [0.5, 0.6) is 0 Å². The summed E-state index contributed by atoms with van der Waals surface area (Å²) in [5, 5.41) is 0. The quantitative estimate of drug-likeness (QED) is 0.186. The zero-order chi connectivity index (χ0) is 18.4. The number of esters is 2. The van der Waals surface area contributed by atoms with Crippen LogP contribution in [0.25, 0.3) is 0 Å². The molecule has 0 rings (SSSR count). The average Bonchev–Trinajstić information content (AvgIpc) is 2.55. The van der Waals surface area contributed by atoms with Gasteiger partial charge in [-0.15, -0.1) is 0 Å². The van der Waals surface area contributed by atoms with Crippen LogP contribution >= 0.6 is 0 Å². The Bertz CT molecular complexity index is 355. The van der Waals surface area contributed by atoms with Crippen molar-refractivity contribution in [1.82, 2.24) is 0 Å².